The van der Waals surface area contributed by atoms with E-state index < -0.39 is 5.97 Å². The highest BCUT2D eigenvalue weighted by Crippen LogP contribution is 2.19. The summed E-state index contributed by atoms with van der Waals surface area (Å²) in [5.74, 6) is 0.334. The molecular weight excluding hydrogens is 384 g/mol. The molecule has 0 unspecified atom stereocenters. The van der Waals surface area contributed by atoms with Crippen LogP contribution in [0.4, 0.5) is 11.6 Å². The Morgan fingerprint density at radius 3 is 2.43 bits per heavy atom. The number of benzene rings is 1. The fourth-order valence-corrected chi connectivity index (χ4v) is 3.25. The van der Waals surface area contributed by atoms with Crippen LogP contribution in [-0.2, 0) is 9.53 Å². The maximum Gasteiger partial charge on any atom is 0.338 e. The molecule has 0 bridgehead atoms. The Hall–Kier alpha value is -3.16. The molecule has 8 heteroatoms. The van der Waals surface area contributed by atoms with Crippen molar-refractivity contribution < 1.29 is 19.1 Å². The number of esters is 1. The van der Waals surface area contributed by atoms with Crippen molar-refractivity contribution >= 4 is 23.5 Å². The molecule has 0 radical (unpaired) electrons. The number of anilines is 2. The SMILES string of the molecule is CCOC(=O)c1ccc(NC(=O)COc2cc(C)nc(N3CCCCCC3)n2)cc1. The van der Waals surface area contributed by atoms with E-state index in [4.69, 9.17) is 9.47 Å². The molecular formula is C22H28N4O4. The largest absolute Gasteiger partial charge is 0.467 e. The molecule has 2 heterocycles. The lowest BCUT2D eigenvalue weighted by Crippen LogP contribution is -2.26. The van der Waals surface area contributed by atoms with Gasteiger partial charge in [0.2, 0.25) is 11.8 Å². The fraction of sp³-hybridized carbons (Fsp3) is 0.455. The number of amides is 1. The number of carbonyl (C=O) groups is 2. The van der Waals surface area contributed by atoms with E-state index in [1.54, 1.807) is 37.3 Å². The number of ether oxygens (including phenoxy) is 2. The summed E-state index contributed by atoms with van der Waals surface area (Å²) in [5, 5.41) is 2.74. The van der Waals surface area contributed by atoms with Gasteiger partial charge in [0.05, 0.1) is 12.2 Å². The first-order valence-electron chi connectivity index (χ1n) is 10.4. The molecule has 1 N–H and O–H groups in total. The summed E-state index contributed by atoms with van der Waals surface area (Å²) in [6, 6.07) is 8.24. The third-order valence-corrected chi connectivity index (χ3v) is 4.74. The van der Waals surface area contributed by atoms with Gasteiger partial charge in [-0.05, 0) is 51.0 Å². The quantitative estimate of drug-likeness (QED) is 0.697. The number of rotatable bonds is 7. The molecule has 0 aliphatic carbocycles. The summed E-state index contributed by atoms with van der Waals surface area (Å²) in [7, 11) is 0. The second-order valence-corrected chi connectivity index (χ2v) is 7.18. The number of hydrogen-bond donors (Lipinski definition) is 1. The topological polar surface area (TPSA) is 93.6 Å². The predicted octanol–water partition coefficient (Wildman–Crippen LogP) is 3.36. The Labute approximate surface area is 176 Å². The average molecular weight is 412 g/mol. The van der Waals surface area contributed by atoms with E-state index in [1.807, 2.05) is 6.92 Å². The maximum absolute atomic E-state index is 12.2. The molecule has 160 valence electrons. The van der Waals surface area contributed by atoms with E-state index in [1.165, 1.54) is 12.8 Å². The number of hydrogen-bond acceptors (Lipinski definition) is 7. The zero-order valence-electron chi connectivity index (χ0n) is 17.5. The molecule has 1 amide bonds. The third-order valence-electron chi connectivity index (χ3n) is 4.74. The van der Waals surface area contributed by atoms with Crippen LogP contribution in [0.2, 0.25) is 0 Å². The second-order valence-electron chi connectivity index (χ2n) is 7.18. The van der Waals surface area contributed by atoms with Crippen molar-refractivity contribution in [3.8, 4) is 5.88 Å². The van der Waals surface area contributed by atoms with E-state index in [0.29, 0.717) is 29.7 Å². The van der Waals surface area contributed by atoms with Crippen molar-refractivity contribution in [1.82, 2.24) is 9.97 Å². The van der Waals surface area contributed by atoms with E-state index in [9.17, 15) is 9.59 Å². The Balaban J connectivity index is 1.56. The normalized spacial score (nSPS) is 14.0. The van der Waals surface area contributed by atoms with Gasteiger partial charge in [0.25, 0.3) is 5.91 Å². The van der Waals surface area contributed by atoms with E-state index in [-0.39, 0.29) is 12.5 Å². The van der Waals surface area contributed by atoms with Crippen LogP contribution in [0, 0.1) is 6.92 Å². The smallest absolute Gasteiger partial charge is 0.338 e. The van der Waals surface area contributed by atoms with Crippen LogP contribution < -0.4 is 15.0 Å². The van der Waals surface area contributed by atoms with E-state index >= 15 is 0 Å². The minimum Gasteiger partial charge on any atom is -0.467 e. The fourth-order valence-electron chi connectivity index (χ4n) is 3.25. The lowest BCUT2D eigenvalue weighted by molar-refractivity contribution is -0.118. The first kappa shape index (κ1) is 21.5. The van der Waals surface area contributed by atoms with Gasteiger partial charge in [-0.15, -0.1) is 0 Å². The van der Waals surface area contributed by atoms with Gasteiger partial charge in [-0.2, -0.15) is 4.98 Å². The van der Waals surface area contributed by atoms with Crippen LogP contribution in [-0.4, -0.2) is 48.1 Å². The van der Waals surface area contributed by atoms with Gasteiger partial charge in [0.1, 0.15) is 0 Å². The third kappa shape index (κ3) is 6.17. The molecule has 3 rings (SSSR count). The van der Waals surface area contributed by atoms with Gasteiger partial charge in [-0.3, -0.25) is 4.79 Å². The predicted molar refractivity (Wildman–Crippen MR) is 114 cm³/mol. The van der Waals surface area contributed by atoms with Crippen LogP contribution in [0.15, 0.2) is 30.3 Å². The average Bonchev–Trinajstić information content (AvgIpc) is 3.02. The molecule has 2 aromatic rings. The van der Waals surface area contributed by atoms with Crippen molar-refractivity contribution in [2.24, 2.45) is 0 Å². The van der Waals surface area contributed by atoms with Crippen molar-refractivity contribution in [3.63, 3.8) is 0 Å². The van der Waals surface area contributed by atoms with Crippen LogP contribution in [0.5, 0.6) is 5.88 Å². The van der Waals surface area contributed by atoms with Gasteiger partial charge in [0.15, 0.2) is 6.61 Å². The van der Waals surface area contributed by atoms with Gasteiger partial charge < -0.3 is 19.7 Å². The standard InChI is InChI=1S/C22H28N4O4/c1-3-29-21(28)17-8-10-18(11-9-17)24-19(27)15-30-20-14-16(2)23-22(25-20)26-12-6-4-5-7-13-26/h8-11,14H,3-7,12-13,15H2,1-2H3,(H,24,27). The van der Waals surface area contributed by atoms with Gasteiger partial charge in [0, 0.05) is 30.5 Å². The maximum atomic E-state index is 12.2. The van der Waals surface area contributed by atoms with Crippen LogP contribution >= 0.6 is 0 Å². The summed E-state index contributed by atoms with van der Waals surface area (Å²) in [5.41, 5.74) is 1.80. The molecule has 30 heavy (non-hydrogen) atoms. The summed E-state index contributed by atoms with van der Waals surface area (Å²) >= 11 is 0. The van der Waals surface area contributed by atoms with Gasteiger partial charge in [-0.1, -0.05) is 12.8 Å². The molecule has 1 aliphatic rings. The zero-order chi connectivity index (χ0) is 21.3. The minimum atomic E-state index is -0.391. The van der Waals surface area contributed by atoms with Gasteiger partial charge >= 0.3 is 5.97 Å². The van der Waals surface area contributed by atoms with Gasteiger partial charge in [-0.25, -0.2) is 9.78 Å². The van der Waals surface area contributed by atoms with Crippen LogP contribution in [0.3, 0.4) is 0 Å². The molecule has 1 aliphatic heterocycles. The lowest BCUT2D eigenvalue weighted by atomic mass is 10.2. The molecule has 1 saturated heterocycles. The van der Waals surface area contributed by atoms with Crippen LogP contribution in [0.1, 0.15) is 48.7 Å². The summed E-state index contributed by atoms with van der Waals surface area (Å²) in [6.45, 7) is 5.66. The monoisotopic (exact) mass is 412 g/mol. The summed E-state index contributed by atoms with van der Waals surface area (Å²) < 4.78 is 10.6. The Morgan fingerprint density at radius 2 is 1.77 bits per heavy atom. The molecule has 1 fully saturated rings. The highest BCUT2D eigenvalue weighted by molar-refractivity contribution is 5.93. The van der Waals surface area contributed by atoms with Crippen molar-refractivity contribution in [2.45, 2.75) is 39.5 Å². The number of carbonyl (C=O) groups excluding carboxylic acids is 2. The Kier molecular flexibility index (Phi) is 7.59. The molecule has 8 nitrogen and oxygen atoms in total. The molecule has 0 saturated carbocycles. The number of nitrogens with zero attached hydrogens (tertiary/aromatic N) is 3. The van der Waals surface area contributed by atoms with E-state index in [2.05, 4.69) is 20.2 Å². The first-order chi connectivity index (χ1) is 14.5. The molecule has 1 aromatic heterocycles. The van der Waals surface area contributed by atoms with Crippen molar-refractivity contribution in [1.29, 1.82) is 0 Å². The van der Waals surface area contributed by atoms with E-state index in [0.717, 1.165) is 31.6 Å². The second kappa shape index (κ2) is 10.6. The minimum absolute atomic E-state index is 0.171. The highest BCUT2D eigenvalue weighted by Gasteiger charge is 2.15. The first-order valence-corrected chi connectivity index (χ1v) is 10.4. The number of aromatic nitrogens is 2. The Bertz CT molecular complexity index is 862. The summed E-state index contributed by atoms with van der Waals surface area (Å²) in [4.78, 5) is 35.1. The van der Waals surface area contributed by atoms with Crippen molar-refractivity contribution in [3.05, 3.63) is 41.6 Å². The lowest BCUT2D eigenvalue weighted by Gasteiger charge is -2.21. The number of nitrogens with one attached hydrogen (secondary N) is 1. The zero-order valence-corrected chi connectivity index (χ0v) is 17.5. The molecule has 0 atom stereocenters. The van der Waals surface area contributed by atoms with Crippen molar-refractivity contribution in [2.75, 3.05) is 36.5 Å². The van der Waals surface area contributed by atoms with Crippen LogP contribution in [0.25, 0.3) is 0 Å². The Morgan fingerprint density at radius 1 is 1.07 bits per heavy atom. The number of aryl methyl sites for hydroxylation is 1. The molecule has 0 spiro atoms. The molecule has 1 aromatic carbocycles. The summed E-state index contributed by atoms with van der Waals surface area (Å²) in [6.07, 6.45) is 4.72. The highest BCUT2D eigenvalue weighted by atomic mass is 16.5.